The Morgan fingerprint density at radius 2 is 2.39 bits per heavy atom. The van der Waals surface area contributed by atoms with Crippen LogP contribution >= 0.6 is 11.6 Å². The van der Waals surface area contributed by atoms with E-state index in [0.717, 1.165) is 6.42 Å². The quantitative estimate of drug-likeness (QED) is 0.534. The second-order valence-electron chi connectivity index (χ2n) is 3.73. The van der Waals surface area contributed by atoms with E-state index in [1.54, 1.807) is 7.11 Å². The molecule has 0 fully saturated rings. The number of aromatic nitrogens is 1. The molecule has 1 heterocycles. The highest BCUT2D eigenvalue weighted by atomic mass is 35.5. The summed E-state index contributed by atoms with van der Waals surface area (Å²) in [5.74, 6) is 5.30. The third-order valence-corrected chi connectivity index (χ3v) is 2.72. The van der Waals surface area contributed by atoms with Crippen LogP contribution in [0, 0.1) is 0 Å². The van der Waals surface area contributed by atoms with Crippen LogP contribution in [0.3, 0.4) is 0 Å². The number of hydrogen-bond donors (Lipinski definition) is 3. The Balaban J connectivity index is 2.74. The highest BCUT2D eigenvalue weighted by molar-refractivity contribution is 6.33. The van der Waals surface area contributed by atoms with Crippen molar-refractivity contribution in [3.63, 3.8) is 0 Å². The average Bonchev–Trinajstić information content (AvgIpc) is 2.37. The fourth-order valence-corrected chi connectivity index (χ4v) is 1.62. The lowest BCUT2D eigenvalue weighted by Crippen LogP contribution is -2.37. The minimum Gasteiger partial charge on any atom is -0.383 e. The van der Waals surface area contributed by atoms with Crippen LogP contribution in [0.5, 0.6) is 0 Å². The number of carbonyl (C=O) groups is 1. The first-order valence-corrected chi connectivity index (χ1v) is 5.92. The number of methoxy groups -OCH3 is 1. The molecule has 0 spiro atoms. The van der Waals surface area contributed by atoms with Gasteiger partial charge in [0.05, 0.1) is 23.2 Å². The molecule has 0 saturated carbocycles. The summed E-state index contributed by atoms with van der Waals surface area (Å²) in [6, 6.07) is 1.48. The van der Waals surface area contributed by atoms with Crippen LogP contribution in [0.1, 0.15) is 23.7 Å². The number of rotatable bonds is 6. The van der Waals surface area contributed by atoms with Crippen LogP contribution < -0.4 is 16.6 Å². The highest BCUT2D eigenvalue weighted by Crippen LogP contribution is 2.18. The van der Waals surface area contributed by atoms with Gasteiger partial charge in [-0.2, -0.15) is 0 Å². The van der Waals surface area contributed by atoms with Crippen LogP contribution in [0.2, 0.25) is 5.02 Å². The van der Waals surface area contributed by atoms with E-state index in [2.05, 4.69) is 15.7 Å². The molecule has 6 nitrogen and oxygen atoms in total. The van der Waals surface area contributed by atoms with Crippen LogP contribution in [-0.2, 0) is 4.74 Å². The second kappa shape index (κ2) is 7.15. The van der Waals surface area contributed by atoms with E-state index in [1.807, 2.05) is 6.92 Å². The van der Waals surface area contributed by atoms with Gasteiger partial charge in [-0.05, 0) is 12.5 Å². The zero-order chi connectivity index (χ0) is 13.5. The Morgan fingerprint density at radius 1 is 1.67 bits per heavy atom. The normalized spacial score (nSPS) is 12.0. The Morgan fingerprint density at radius 3 is 2.89 bits per heavy atom. The van der Waals surface area contributed by atoms with Gasteiger partial charge in [0, 0.05) is 13.3 Å². The van der Waals surface area contributed by atoms with E-state index < -0.39 is 0 Å². The number of hydrazine groups is 1. The van der Waals surface area contributed by atoms with Crippen LogP contribution in [-0.4, -0.2) is 30.6 Å². The Hall–Kier alpha value is -1.37. The zero-order valence-corrected chi connectivity index (χ0v) is 11.1. The molecule has 0 aliphatic carbocycles. The van der Waals surface area contributed by atoms with Crippen LogP contribution in [0.25, 0.3) is 0 Å². The van der Waals surface area contributed by atoms with Gasteiger partial charge in [-0.3, -0.25) is 4.79 Å². The molecule has 1 aromatic heterocycles. The van der Waals surface area contributed by atoms with Gasteiger partial charge in [-0.25, -0.2) is 10.8 Å². The maximum Gasteiger partial charge on any atom is 0.253 e. The molecule has 100 valence electrons. The molecule has 1 rings (SSSR count). The molecule has 0 aliphatic rings. The first-order valence-electron chi connectivity index (χ1n) is 5.54. The van der Waals surface area contributed by atoms with E-state index >= 15 is 0 Å². The highest BCUT2D eigenvalue weighted by Gasteiger charge is 2.13. The predicted molar refractivity (Wildman–Crippen MR) is 70.5 cm³/mol. The Kier molecular flexibility index (Phi) is 5.84. The molecule has 0 radical (unpaired) electrons. The van der Waals surface area contributed by atoms with Crippen molar-refractivity contribution in [2.24, 2.45) is 5.84 Å². The zero-order valence-electron chi connectivity index (χ0n) is 10.4. The minimum absolute atomic E-state index is 0.0337. The lowest BCUT2D eigenvalue weighted by atomic mass is 10.2. The molecule has 1 aromatic rings. The lowest BCUT2D eigenvalue weighted by molar-refractivity contribution is 0.0894. The number of ether oxygens (including phenoxy) is 1. The summed E-state index contributed by atoms with van der Waals surface area (Å²) in [6.45, 7) is 2.43. The maximum atomic E-state index is 11.9. The molecule has 7 heteroatoms. The molecular weight excluding hydrogens is 256 g/mol. The molecule has 1 amide bonds. The number of carbonyl (C=O) groups excluding carboxylic acids is 1. The Labute approximate surface area is 111 Å². The van der Waals surface area contributed by atoms with Crippen molar-refractivity contribution in [2.45, 2.75) is 19.4 Å². The summed E-state index contributed by atoms with van der Waals surface area (Å²) in [7, 11) is 1.59. The number of halogens is 1. The summed E-state index contributed by atoms with van der Waals surface area (Å²) in [5, 5.41) is 3.13. The minimum atomic E-state index is -0.239. The molecule has 1 atom stereocenters. The van der Waals surface area contributed by atoms with Gasteiger partial charge in [-0.1, -0.05) is 18.5 Å². The molecule has 0 aromatic carbocycles. The van der Waals surface area contributed by atoms with Crippen LogP contribution in [0.4, 0.5) is 5.82 Å². The molecule has 4 N–H and O–H groups in total. The summed E-state index contributed by atoms with van der Waals surface area (Å²) >= 11 is 5.90. The first kappa shape index (κ1) is 14.7. The van der Waals surface area contributed by atoms with Gasteiger partial charge in [0.1, 0.15) is 0 Å². The summed E-state index contributed by atoms with van der Waals surface area (Å²) < 4.78 is 5.01. The van der Waals surface area contributed by atoms with Crippen molar-refractivity contribution in [1.82, 2.24) is 10.3 Å². The van der Waals surface area contributed by atoms with Gasteiger partial charge < -0.3 is 15.5 Å². The number of nitrogens with two attached hydrogens (primary N) is 1. The number of nitrogens with one attached hydrogen (secondary N) is 2. The van der Waals surface area contributed by atoms with E-state index in [4.69, 9.17) is 22.2 Å². The van der Waals surface area contributed by atoms with E-state index in [9.17, 15) is 4.79 Å². The van der Waals surface area contributed by atoms with Crippen molar-refractivity contribution in [3.8, 4) is 0 Å². The lowest BCUT2D eigenvalue weighted by Gasteiger charge is -2.16. The monoisotopic (exact) mass is 272 g/mol. The van der Waals surface area contributed by atoms with Gasteiger partial charge in [-0.15, -0.1) is 0 Å². The fraction of sp³-hybridized carbons (Fsp3) is 0.455. The molecular formula is C11H17ClN4O2. The molecule has 0 bridgehead atoms. The number of pyridine rings is 1. The number of amides is 1. The Bertz CT molecular complexity index is 414. The summed E-state index contributed by atoms with van der Waals surface area (Å²) in [4.78, 5) is 15.9. The van der Waals surface area contributed by atoms with Gasteiger partial charge in [0.25, 0.3) is 5.91 Å². The number of anilines is 1. The van der Waals surface area contributed by atoms with Crippen molar-refractivity contribution in [3.05, 3.63) is 22.8 Å². The van der Waals surface area contributed by atoms with E-state index in [1.165, 1.54) is 12.3 Å². The smallest absolute Gasteiger partial charge is 0.253 e. The van der Waals surface area contributed by atoms with Crippen molar-refractivity contribution in [2.75, 3.05) is 19.1 Å². The SMILES string of the molecule is CCC(COC)NC(=O)c1cnc(NN)c(Cl)c1. The van der Waals surface area contributed by atoms with Gasteiger partial charge in [0.2, 0.25) is 0 Å². The van der Waals surface area contributed by atoms with Crippen molar-refractivity contribution in [1.29, 1.82) is 0 Å². The van der Waals surface area contributed by atoms with Crippen molar-refractivity contribution >= 4 is 23.3 Å². The van der Waals surface area contributed by atoms with E-state index in [-0.39, 0.29) is 11.9 Å². The maximum absolute atomic E-state index is 11.9. The largest absolute Gasteiger partial charge is 0.383 e. The number of nitrogen functional groups attached to an aromatic ring is 1. The number of hydrogen-bond acceptors (Lipinski definition) is 5. The predicted octanol–water partition coefficient (Wildman–Crippen LogP) is 1.18. The molecule has 0 aliphatic heterocycles. The van der Waals surface area contributed by atoms with Gasteiger partial charge >= 0.3 is 0 Å². The van der Waals surface area contributed by atoms with E-state index in [0.29, 0.717) is 23.0 Å². The van der Waals surface area contributed by atoms with Gasteiger partial charge in [0.15, 0.2) is 5.82 Å². The summed E-state index contributed by atoms with van der Waals surface area (Å²) in [6.07, 6.45) is 2.19. The second-order valence-corrected chi connectivity index (χ2v) is 4.14. The standard InChI is InChI=1S/C11H17ClN4O2/c1-3-8(6-18-2)15-11(17)7-4-9(12)10(16-13)14-5-7/h4-5,8H,3,6,13H2,1-2H3,(H,14,16)(H,15,17). The summed E-state index contributed by atoms with van der Waals surface area (Å²) in [5.41, 5.74) is 2.72. The van der Waals surface area contributed by atoms with Crippen LogP contribution in [0.15, 0.2) is 12.3 Å². The molecule has 1 unspecified atom stereocenters. The molecule has 0 saturated heterocycles. The molecule has 18 heavy (non-hydrogen) atoms. The number of nitrogens with zero attached hydrogens (tertiary/aromatic N) is 1. The third kappa shape index (κ3) is 3.83. The topological polar surface area (TPSA) is 89.3 Å². The fourth-order valence-electron chi connectivity index (χ4n) is 1.40. The average molecular weight is 273 g/mol. The third-order valence-electron chi connectivity index (χ3n) is 2.44. The first-order chi connectivity index (χ1) is 8.62. The van der Waals surface area contributed by atoms with Crippen molar-refractivity contribution < 1.29 is 9.53 Å².